The van der Waals surface area contributed by atoms with Crippen molar-refractivity contribution in [3.63, 3.8) is 0 Å². The van der Waals surface area contributed by atoms with Crippen molar-refractivity contribution in [1.82, 2.24) is 19.3 Å². The standard InChI is InChI=1S/C24H32N4O4S/c1-18-4-6-20(7-5-18)8-9-22-23(19(2)25-32-22)33(30,31)28-12-10-21(11-13-28)24(29)27-16-14-26(3)15-17-27/h4-9,21H,10-17H2,1-3H3. The third-order valence-electron chi connectivity index (χ3n) is 6.55. The second kappa shape index (κ2) is 9.79. The van der Waals surface area contributed by atoms with Crippen molar-refractivity contribution in [3.05, 3.63) is 46.8 Å². The Hall–Kier alpha value is -2.49. The van der Waals surface area contributed by atoms with Crippen LogP contribution in [-0.4, -0.2) is 79.9 Å². The predicted molar refractivity (Wildman–Crippen MR) is 127 cm³/mol. The molecule has 1 amide bonds. The number of piperidine rings is 1. The van der Waals surface area contributed by atoms with E-state index in [9.17, 15) is 13.2 Å². The number of hydrogen-bond acceptors (Lipinski definition) is 6. The van der Waals surface area contributed by atoms with E-state index >= 15 is 0 Å². The Morgan fingerprint density at radius 2 is 1.64 bits per heavy atom. The number of carbonyl (C=O) groups excluding carboxylic acids is 1. The molecule has 9 heteroatoms. The Morgan fingerprint density at radius 1 is 1.00 bits per heavy atom. The fourth-order valence-corrected chi connectivity index (χ4v) is 6.13. The van der Waals surface area contributed by atoms with Gasteiger partial charge in [-0.3, -0.25) is 4.79 Å². The maximum atomic E-state index is 13.5. The molecular weight excluding hydrogens is 440 g/mol. The minimum atomic E-state index is -3.78. The second-order valence-corrected chi connectivity index (χ2v) is 10.9. The van der Waals surface area contributed by atoms with Crippen LogP contribution in [0.1, 0.15) is 35.4 Å². The van der Waals surface area contributed by atoms with Gasteiger partial charge in [-0.2, -0.15) is 4.31 Å². The van der Waals surface area contributed by atoms with Gasteiger partial charge in [-0.05, 0) is 45.4 Å². The topological polar surface area (TPSA) is 87.0 Å². The molecule has 2 fully saturated rings. The van der Waals surface area contributed by atoms with Crippen molar-refractivity contribution in [1.29, 1.82) is 0 Å². The zero-order valence-electron chi connectivity index (χ0n) is 19.5. The van der Waals surface area contributed by atoms with Gasteiger partial charge >= 0.3 is 0 Å². The lowest BCUT2D eigenvalue weighted by atomic mass is 9.96. The molecule has 0 atom stereocenters. The highest BCUT2D eigenvalue weighted by atomic mass is 32.2. The highest BCUT2D eigenvalue weighted by molar-refractivity contribution is 7.89. The zero-order valence-corrected chi connectivity index (χ0v) is 20.3. The molecule has 178 valence electrons. The molecule has 1 aromatic carbocycles. The van der Waals surface area contributed by atoms with E-state index in [0.717, 1.165) is 37.3 Å². The number of piperazine rings is 1. The van der Waals surface area contributed by atoms with Crippen molar-refractivity contribution in [2.45, 2.75) is 31.6 Å². The number of aryl methyl sites for hydroxylation is 2. The number of benzene rings is 1. The fourth-order valence-electron chi connectivity index (χ4n) is 4.41. The van der Waals surface area contributed by atoms with Crippen molar-refractivity contribution < 1.29 is 17.7 Å². The summed E-state index contributed by atoms with van der Waals surface area (Å²) in [6.45, 7) is 7.53. The first-order valence-electron chi connectivity index (χ1n) is 11.4. The number of rotatable bonds is 5. The molecule has 8 nitrogen and oxygen atoms in total. The number of hydrogen-bond donors (Lipinski definition) is 0. The van der Waals surface area contributed by atoms with Crippen LogP contribution in [0.4, 0.5) is 0 Å². The fraction of sp³-hybridized carbons (Fsp3) is 0.500. The third kappa shape index (κ3) is 5.20. The largest absolute Gasteiger partial charge is 0.355 e. The second-order valence-electron chi connectivity index (χ2n) is 9.01. The first-order chi connectivity index (χ1) is 15.8. The molecule has 0 spiro atoms. The summed E-state index contributed by atoms with van der Waals surface area (Å²) in [5.74, 6) is 0.260. The number of amides is 1. The Morgan fingerprint density at radius 3 is 2.27 bits per heavy atom. The van der Waals surface area contributed by atoms with E-state index in [1.54, 1.807) is 13.0 Å². The number of carbonyl (C=O) groups is 1. The highest BCUT2D eigenvalue weighted by Gasteiger charge is 2.37. The van der Waals surface area contributed by atoms with Crippen LogP contribution < -0.4 is 0 Å². The highest BCUT2D eigenvalue weighted by Crippen LogP contribution is 2.30. The number of nitrogens with zero attached hydrogens (tertiary/aromatic N) is 4. The summed E-state index contributed by atoms with van der Waals surface area (Å²) in [6, 6.07) is 7.92. The van der Waals surface area contributed by atoms with Gasteiger partial charge in [0.05, 0.1) is 0 Å². The predicted octanol–water partition coefficient (Wildman–Crippen LogP) is 2.64. The molecule has 2 aliphatic rings. The molecular formula is C24H32N4O4S. The van der Waals surface area contributed by atoms with E-state index in [1.807, 2.05) is 42.2 Å². The summed E-state index contributed by atoms with van der Waals surface area (Å²) in [4.78, 5) is 17.1. The lowest BCUT2D eigenvalue weighted by Gasteiger charge is -2.37. The molecule has 3 heterocycles. The third-order valence-corrected chi connectivity index (χ3v) is 8.61. The number of sulfonamides is 1. The molecule has 0 saturated carbocycles. The van der Waals surface area contributed by atoms with Crippen LogP contribution in [0.25, 0.3) is 12.2 Å². The average Bonchev–Trinajstić information content (AvgIpc) is 3.20. The van der Waals surface area contributed by atoms with Crippen molar-refractivity contribution in [3.8, 4) is 0 Å². The molecule has 2 saturated heterocycles. The van der Waals surface area contributed by atoms with E-state index in [-0.39, 0.29) is 22.5 Å². The van der Waals surface area contributed by atoms with Gasteiger partial charge in [-0.15, -0.1) is 0 Å². The zero-order chi connectivity index (χ0) is 23.6. The maximum absolute atomic E-state index is 13.5. The first kappa shape index (κ1) is 23.7. The molecule has 0 aliphatic carbocycles. The Labute approximate surface area is 195 Å². The van der Waals surface area contributed by atoms with Crippen LogP contribution in [0.5, 0.6) is 0 Å². The maximum Gasteiger partial charge on any atom is 0.248 e. The minimum Gasteiger partial charge on any atom is -0.355 e. The van der Waals surface area contributed by atoms with Crippen molar-refractivity contribution in [2.24, 2.45) is 5.92 Å². The monoisotopic (exact) mass is 472 g/mol. The van der Waals surface area contributed by atoms with Gasteiger partial charge in [-0.1, -0.05) is 41.1 Å². The van der Waals surface area contributed by atoms with E-state index in [0.29, 0.717) is 31.6 Å². The molecule has 1 aromatic heterocycles. The van der Waals surface area contributed by atoms with Crippen LogP contribution >= 0.6 is 0 Å². The van der Waals surface area contributed by atoms with Crippen LogP contribution in [0, 0.1) is 19.8 Å². The van der Waals surface area contributed by atoms with Gasteiger partial charge in [0.1, 0.15) is 5.69 Å². The molecule has 0 radical (unpaired) electrons. The summed E-state index contributed by atoms with van der Waals surface area (Å²) in [7, 11) is -1.72. The summed E-state index contributed by atoms with van der Waals surface area (Å²) < 4.78 is 33.7. The van der Waals surface area contributed by atoms with Gasteiger partial charge < -0.3 is 14.3 Å². The van der Waals surface area contributed by atoms with Gasteiger partial charge in [0, 0.05) is 45.2 Å². The van der Waals surface area contributed by atoms with E-state index in [1.165, 1.54) is 4.31 Å². The molecule has 0 N–H and O–H groups in total. The first-order valence-corrected chi connectivity index (χ1v) is 12.9. The Balaban J connectivity index is 1.44. The summed E-state index contributed by atoms with van der Waals surface area (Å²) in [5.41, 5.74) is 2.44. The van der Waals surface area contributed by atoms with Crippen molar-refractivity contribution >= 4 is 28.1 Å². The quantitative estimate of drug-likeness (QED) is 0.665. The molecule has 2 aliphatic heterocycles. The van der Waals surface area contributed by atoms with E-state index in [4.69, 9.17) is 4.52 Å². The van der Waals surface area contributed by atoms with Gasteiger partial charge in [-0.25, -0.2) is 8.42 Å². The van der Waals surface area contributed by atoms with Crippen LogP contribution in [-0.2, 0) is 14.8 Å². The molecule has 2 aromatic rings. The molecule has 0 unspecified atom stereocenters. The summed E-state index contributed by atoms with van der Waals surface area (Å²) in [6.07, 6.45) is 4.53. The lowest BCUT2D eigenvalue weighted by molar-refractivity contribution is -0.138. The van der Waals surface area contributed by atoms with E-state index < -0.39 is 10.0 Å². The van der Waals surface area contributed by atoms with Crippen LogP contribution in [0.15, 0.2) is 33.7 Å². The molecule has 0 bridgehead atoms. The number of likely N-dealkylation sites (N-methyl/N-ethyl adjacent to an activating group) is 1. The van der Waals surface area contributed by atoms with Crippen LogP contribution in [0.3, 0.4) is 0 Å². The molecule has 4 rings (SSSR count). The van der Waals surface area contributed by atoms with Crippen molar-refractivity contribution in [2.75, 3.05) is 46.3 Å². The summed E-state index contributed by atoms with van der Waals surface area (Å²) in [5, 5.41) is 3.92. The Bertz CT molecular complexity index is 1110. The normalized spacial score (nSPS) is 19.4. The van der Waals surface area contributed by atoms with Crippen LogP contribution in [0.2, 0.25) is 0 Å². The van der Waals surface area contributed by atoms with Gasteiger partial charge in [0.15, 0.2) is 10.7 Å². The number of aromatic nitrogens is 1. The van der Waals surface area contributed by atoms with Gasteiger partial charge in [0.25, 0.3) is 0 Å². The summed E-state index contributed by atoms with van der Waals surface area (Å²) >= 11 is 0. The lowest BCUT2D eigenvalue weighted by Crippen LogP contribution is -2.51. The smallest absolute Gasteiger partial charge is 0.248 e. The molecule has 33 heavy (non-hydrogen) atoms. The minimum absolute atomic E-state index is 0.106. The average molecular weight is 473 g/mol. The SMILES string of the molecule is Cc1ccc(C=Cc2onc(C)c2S(=O)(=O)N2CCC(C(=O)N3CCN(C)CC3)CC2)cc1. The van der Waals surface area contributed by atoms with E-state index in [2.05, 4.69) is 17.1 Å². The Kier molecular flexibility index (Phi) is 7.02. The van der Waals surface area contributed by atoms with Gasteiger partial charge in [0.2, 0.25) is 15.9 Å².